The van der Waals surface area contributed by atoms with Crippen molar-refractivity contribution in [3.05, 3.63) is 71.9 Å². The molecular formula is C17H14N2O2. The van der Waals surface area contributed by atoms with Crippen LogP contribution in [0.1, 0.15) is 15.9 Å². The van der Waals surface area contributed by atoms with E-state index in [1.807, 2.05) is 55.5 Å². The summed E-state index contributed by atoms with van der Waals surface area (Å²) < 4.78 is 1.75. The zero-order chi connectivity index (χ0) is 14.8. The average molecular weight is 278 g/mol. The SMILES string of the molecule is Cc1ccc(-c2ccnn2-c2ccccc2)c(C(=O)O)c1. The van der Waals surface area contributed by atoms with Crippen LogP contribution in [-0.2, 0) is 0 Å². The Bertz CT molecular complexity index is 792. The molecule has 0 unspecified atom stereocenters. The quantitative estimate of drug-likeness (QED) is 0.797. The van der Waals surface area contributed by atoms with Crippen LogP contribution in [0.4, 0.5) is 0 Å². The predicted molar refractivity (Wildman–Crippen MR) is 80.7 cm³/mol. The summed E-state index contributed by atoms with van der Waals surface area (Å²) in [5, 5.41) is 13.7. The van der Waals surface area contributed by atoms with E-state index in [0.717, 1.165) is 16.9 Å². The van der Waals surface area contributed by atoms with Crippen molar-refractivity contribution in [3.63, 3.8) is 0 Å². The van der Waals surface area contributed by atoms with E-state index in [1.165, 1.54) is 0 Å². The van der Waals surface area contributed by atoms with E-state index >= 15 is 0 Å². The summed E-state index contributed by atoms with van der Waals surface area (Å²) in [5.41, 5.74) is 3.53. The van der Waals surface area contributed by atoms with Crippen molar-refractivity contribution in [2.24, 2.45) is 0 Å². The Labute approximate surface area is 122 Å². The van der Waals surface area contributed by atoms with Gasteiger partial charge in [0.1, 0.15) is 0 Å². The Morgan fingerprint density at radius 2 is 1.86 bits per heavy atom. The molecule has 1 heterocycles. The highest BCUT2D eigenvalue weighted by atomic mass is 16.4. The summed E-state index contributed by atoms with van der Waals surface area (Å²) in [7, 11) is 0. The Kier molecular flexibility index (Phi) is 3.28. The van der Waals surface area contributed by atoms with Crippen LogP contribution in [0.15, 0.2) is 60.8 Å². The number of carbonyl (C=O) groups is 1. The molecule has 3 aromatic rings. The molecule has 0 aliphatic rings. The van der Waals surface area contributed by atoms with Crippen LogP contribution in [0.5, 0.6) is 0 Å². The summed E-state index contributed by atoms with van der Waals surface area (Å²) in [5.74, 6) is -0.936. The van der Waals surface area contributed by atoms with Crippen LogP contribution >= 0.6 is 0 Å². The third-order valence-corrected chi connectivity index (χ3v) is 3.32. The highest BCUT2D eigenvalue weighted by molar-refractivity contribution is 5.95. The molecule has 0 saturated carbocycles. The van der Waals surface area contributed by atoms with Crippen molar-refractivity contribution in [2.45, 2.75) is 6.92 Å². The van der Waals surface area contributed by atoms with Crippen LogP contribution in [0.25, 0.3) is 16.9 Å². The van der Waals surface area contributed by atoms with Crippen molar-refractivity contribution in [3.8, 4) is 16.9 Å². The minimum absolute atomic E-state index is 0.285. The molecule has 0 aliphatic heterocycles. The number of aromatic carboxylic acids is 1. The van der Waals surface area contributed by atoms with E-state index in [4.69, 9.17) is 0 Å². The molecule has 0 radical (unpaired) electrons. The van der Waals surface area contributed by atoms with Crippen molar-refractivity contribution in [1.29, 1.82) is 0 Å². The fourth-order valence-electron chi connectivity index (χ4n) is 2.34. The second-order valence-corrected chi connectivity index (χ2v) is 4.82. The standard InChI is InChI=1S/C17H14N2O2/c1-12-7-8-14(15(11-12)17(20)21)16-9-10-18-19(16)13-5-3-2-4-6-13/h2-11H,1H3,(H,20,21). The summed E-state index contributed by atoms with van der Waals surface area (Å²) in [6.07, 6.45) is 1.67. The lowest BCUT2D eigenvalue weighted by molar-refractivity contribution is 0.0697. The number of aryl methyl sites for hydroxylation is 1. The van der Waals surface area contributed by atoms with Crippen LogP contribution in [-0.4, -0.2) is 20.9 Å². The lowest BCUT2D eigenvalue weighted by atomic mass is 10.0. The highest BCUT2D eigenvalue weighted by Crippen LogP contribution is 2.26. The molecule has 0 bridgehead atoms. The monoisotopic (exact) mass is 278 g/mol. The van der Waals surface area contributed by atoms with Gasteiger partial charge in [-0.1, -0.05) is 35.9 Å². The molecule has 0 saturated heterocycles. The van der Waals surface area contributed by atoms with Crippen molar-refractivity contribution < 1.29 is 9.90 Å². The normalized spacial score (nSPS) is 10.5. The maximum absolute atomic E-state index is 11.5. The Hall–Kier alpha value is -2.88. The van der Waals surface area contributed by atoms with E-state index < -0.39 is 5.97 Å². The van der Waals surface area contributed by atoms with Gasteiger partial charge in [-0.15, -0.1) is 0 Å². The number of carboxylic acids is 1. The van der Waals surface area contributed by atoms with E-state index in [-0.39, 0.29) is 5.56 Å². The molecule has 3 rings (SSSR count). The van der Waals surface area contributed by atoms with Crippen LogP contribution < -0.4 is 0 Å². The molecule has 1 N–H and O–H groups in total. The molecule has 0 aliphatic carbocycles. The second-order valence-electron chi connectivity index (χ2n) is 4.82. The molecule has 0 atom stereocenters. The van der Waals surface area contributed by atoms with Gasteiger partial charge in [0.2, 0.25) is 0 Å². The van der Waals surface area contributed by atoms with Gasteiger partial charge in [-0.05, 0) is 31.2 Å². The number of rotatable bonds is 3. The Balaban J connectivity index is 2.20. The Morgan fingerprint density at radius 1 is 1.10 bits per heavy atom. The van der Waals surface area contributed by atoms with Crippen molar-refractivity contribution >= 4 is 5.97 Å². The van der Waals surface area contributed by atoms with Crippen LogP contribution in [0, 0.1) is 6.92 Å². The highest BCUT2D eigenvalue weighted by Gasteiger charge is 2.15. The van der Waals surface area contributed by atoms with Gasteiger partial charge in [-0.25, -0.2) is 9.48 Å². The first-order chi connectivity index (χ1) is 10.2. The summed E-state index contributed by atoms with van der Waals surface area (Å²) in [4.78, 5) is 11.5. The molecule has 4 nitrogen and oxygen atoms in total. The average Bonchev–Trinajstić information content (AvgIpc) is 2.97. The summed E-state index contributed by atoms with van der Waals surface area (Å²) in [6, 6.07) is 16.9. The molecule has 104 valence electrons. The van der Waals surface area contributed by atoms with Gasteiger partial charge < -0.3 is 5.11 Å². The second kappa shape index (κ2) is 5.25. The van der Waals surface area contributed by atoms with Crippen LogP contribution in [0.3, 0.4) is 0 Å². The lowest BCUT2D eigenvalue weighted by Crippen LogP contribution is -2.04. The van der Waals surface area contributed by atoms with Gasteiger partial charge in [0, 0.05) is 5.56 Å². The number of benzene rings is 2. The van der Waals surface area contributed by atoms with Gasteiger partial charge in [0.15, 0.2) is 0 Å². The molecule has 1 aromatic heterocycles. The molecule has 0 fully saturated rings. The van der Waals surface area contributed by atoms with E-state index in [1.54, 1.807) is 16.9 Å². The number of carboxylic acid groups (broad SMARTS) is 1. The maximum atomic E-state index is 11.5. The molecule has 21 heavy (non-hydrogen) atoms. The molecular weight excluding hydrogens is 264 g/mol. The number of hydrogen-bond acceptors (Lipinski definition) is 2. The fourth-order valence-corrected chi connectivity index (χ4v) is 2.34. The maximum Gasteiger partial charge on any atom is 0.336 e. The van der Waals surface area contributed by atoms with Gasteiger partial charge in [0.05, 0.1) is 23.1 Å². The first kappa shape index (κ1) is 13.1. The summed E-state index contributed by atoms with van der Waals surface area (Å²) in [6.45, 7) is 1.88. The molecule has 4 heteroatoms. The lowest BCUT2D eigenvalue weighted by Gasteiger charge is -2.10. The first-order valence-electron chi connectivity index (χ1n) is 6.60. The summed E-state index contributed by atoms with van der Waals surface area (Å²) >= 11 is 0. The van der Waals surface area contributed by atoms with Gasteiger partial charge >= 0.3 is 5.97 Å². The topological polar surface area (TPSA) is 55.1 Å². The first-order valence-corrected chi connectivity index (χ1v) is 6.60. The number of para-hydroxylation sites is 1. The fraction of sp³-hybridized carbons (Fsp3) is 0.0588. The van der Waals surface area contributed by atoms with E-state index in [9.17, 15) is 9.90 Å². The number of nitrogens with zero attached hydrogens (tertiary/aromatic N) is 2. The third kappa shape index (κ3) is 2.43. The number of aromatic nitrogens is 2. The zero-order valence-corrected chi connectivity index (χ0v) is 11.5. The van der Waals surface area contributed by atoms with Crippen molar-refractivity contribution in [2.75, 3.05) is 0 Å². The van der Waals surface area contributed by atoms with Gasteiger partial charge in [-0.3, -0.25) is 0 Å². The van der Waals surface area contributed by atoms with Gasteiger partial charge in [0.25, 0.3) is 0 Å². The Morgan fingerprint density at radius 3 is 2.57 bits per heavy atom. The van der Waals surface area contributed by atoms with E-state index in [0.29, 0.717) is 5.56 Å². The smallest absolute Gasteiger partial charge is 0.336 e. The number of hydrogen-bond donors (Lipinski definition) is 1. The largest absolute Gasteiger partial charge is 0.478 e. The van der Waals surface area contributed by atoms with Gasteiger partial charge in [-0.2, -0.15) is 5.10 Å². The van der Waals surface area contributed by atoms with E-state index in [2.05, 4.69) is 5.10 Å². The minimum atomic E-state index is -0.936. The van der Waals surface area contributed by atoms with Crippen molar-refractivity contribution in [1.82, 2.24) is 9.78 Å². The minimum Gasteiger partial charge on any atom is -0.478 e. The van der Waals surface area contributed by atoms with Crippen LogP contribution in [0.2, 0.25) is 0 Å². The predicted octanol–water partition coefficient (Wildman–Crippen LogP) is 3.55. The molecule has 0 amide bonds. The molecule has 2 aromatic carbocycles. The third-order valence-electron chi connectivity index (χ3n) is 3.32. The zero-order valence-electron chi connectivity index (χ0n) is 11.5. The molecule has 0 spiro atoms.